The van der Waals surface area contributed by atoms with Gasteiger partial charge in [0.05, 0.1) is 23.3 Å². The number of carbonyl (C=O) groups excluding carboxylic acids is 2. The maximum Gasteiger partial charge on any atom is 0.328 e. The van der Waals surface area contributed by atoms with Crippen LogP contribution in [0, 0.1) is 10.1 Å². The Bertz CT molecular complexity index is 896. The molecule has 150 valence electrons. The van der Waals surface area contributed by atoms with Gasteiger partial charge < -0.3 is 9.47 Å². The minimum atomic E-state index is -0.978. The molecule has 0 N–H and O–H groups in total. The second-order valence-corrected chi connectivity index (χ2v) is 6.15. The predicted octanol–water partition coefficient (Wildman–Crippen LogP) is 3.24. The molecule has 0 aromatic heterocycles. The molecule has 0 fully saturated rings. The fourth-order valence-corrected chi connectivity index (χ4v) is 3.21. The van der Waals surface area contributed by atoms with Crippen molar-refractivity contribution >= 4 is 34.0 Å². The zero-order chi connectivity index (χ0) is 20.8. The number of nitro benzene ring substituents is 1. The fourth-order valence-electron chi connectivity index (χ4n) is 3.21. The third-order valence-electron chi connectivity index (χ3n) is 4.52. The van der Waals surface area contributed by atoms with Gasteiger partial charge in [-0.3, -0.25) is 19.8 Å². The third kappa shape index (κ3) is 4.12. The number of benzene rings is 2. The molecule has 8 heteroatoms. The number of hydrogen-bond donors (Lipinski definition) is 0. The molecule has 0 aliphatic carbocycles. The van der Waals surface area contributed by atoms with Crippen LogP contribution in [0.3, 0.4) is 0 Å². The Balaban J connectivity index is 2.84. The molecule has 2 rings (SSSR count). The number of fused-ring (bicyclic) bond motifs is 1. The van der Waals surface area contributed by atoms with Gasteiger partial charge in [-0.05, 0) is 25.7 Å². The van der Waals surface area contributed by atoms with Crippen LogP contribution in [-0.4, -0.2) is 43.2 Å². The van der Waals surface area contributed by atoms with Crippen molar-refractivity contribution in [1.82, 2.24) is 0 Å². The van der Waals surface area contributed by atoms with Gasteiger partial charge in [0.25, 0.3) is 11.6 Å². The lowest BCUT2D eigenvalue weighted by atomic mass is 9.98. The second-order valence-electron chi connectivity index (χ2n) is 6.15. The van der Waals surface area contributed by atoms with E-state index in [0.29, 0.717) is 35.1 Å². The fraction of sp³-hybridized carbons (Fsp3) is 0.400. The summed E-state index contributed by atoms with van der Waals surface area (Å²) in [6.45, 7) is 5.12. The molecule has 0 heterocycles. The Morgan fingerprint density at radius 2 is 1.93 bits per heavy atom. The number of hydrogen-bond acceptors (Lipinski definition) is 6. The van der Waals surface area contributed by atoms with Crippen molar-refractivity contribution in [3.05, 3.63) is 46.0 Å². The Labute approximate surface area is 163 Å². The SMILES string of the molecule is CCOCC(=O)N(c1c(CC)c([N+](=O)[O-])cc2ccccc12)C(C)C(=O)OC. The first kappa shape index (κ1) is 21.3. The first-order chi connectivity index (χ1) is 13.4. The number of carbonyl (C=O) groups is 2. The average molecular weight is 388 g/mol. The number of ether oxygens (including phenoxy) is 2. The van der Waals surface area contributed by atoms with E-state index in [-0.39, 0.29) is 12.3 Å². The van der Waals surface area contributed by atoms with Gasteiger partial charge in [0, 0.05) is 18.1 Å². The zero-order valence-corrected chi connectivity index (χ0v) is 16.4. The normalized spacial score (nSPS) is 11.9. The monoisotopic (exact) mass is 388 g/mol. The highest BCUT2D eigenvalue weighted by molar-refractivity contribution is 6.09. The number of esters is 1. The number of nitrogens with zero attached hydrogens (tertiary/aromatic N) is 2. The van der Waals surface area contributed by atoms with Gasteiger partial charge in [-0.25, -0.2) is 4.79 Å². The van der Waals surface area contributed by atoms with Gasteiger partial charge in [-0.15, -0.1) is 0 Å². The van der Waals surface area contributed by atoms with Crippen LogP contribution in [0.25, 0.3) is 10.8 Å². The topological polar surface area (TPSA) is 99.0 Å². The highest BCUT2D eigenvalue weighted by Gasteiger charge is 2.33. The summed E-state index contributed by atoms with van der Waals surface area (Å²) < 4.78 is 10.1. The van der Waals surface area contributed by atoms with Crippen molar-refractivity contribution in [2.75, 3.05) is 25.2 Å². The van der Waals surface area contributed by atoms with E-state index >= 15 is 0 Å². The van der Waals surface area contributed by atoms with Crippen molar-refractivity contribution in [3.63, 3.8) is 0 Å². The maximum atomic E-state index is 13.0. The minimum absolute atomic E-state index is 0.0949. The first-order valence-electron chi connectivity index (χ1n) is 9.03. The summed E-state index contributed by atoms with van der Waals surface area (Å²) in [4.78, 5) is 37.7. The van der Waals surface area contributed by atoms with Crippen LogP contribution in [0.15, 0.2) is 30.3 Å². The molecule has 8 nitrogen and oxygen atoms in total. The smallest absolute Gasteiger partial charge is 0.328 e. The van der Waals surface area contributed by atoms with Crippen LogP contribution in [-0.2, 0) is 25.5 Å². The highest BCUT2D eigenvalue weighted by atomic mass is 16.6. The summed E-state index contributed by atoms with van der Waals surface area (Å²) in [5.41, 5.74) is 0.627. The Kier molecular flexibility index (Phi) is 7.06. The highest BCUT2D eigenvalue weighted by Crippen LogP contribution is 2.39. The van der Waals surface area contributed by atoms with Crippen LogP contribution in [0.1, 0.15) is 26.3 Å². The van der Waals surface area contributed by atoms with E-state index in [4.69, 9.17) is 9.47 Å². The maximum absolute atomic E-state index is 13.0. The molecule has 28 heavy (non-hydrogen) atoms. The molecule has 0 bridgehead atoms. The van der Waals surface area contributed by atoms with E-state index in [1.807, 2.05) is 0 Å². The van der Waals surface area contributed by atoms with Gasteiger partial charge in [-0.2, -0.15) is 0 Å². The first-order valence-corrected chi connectivity index (χ1v) is 9.03. The molecule has 0 saturated carbocycles. The molecule has 0 aliphatic rings. The van der Waals surface area contributed by atoms with Gasteiger partial charge in [0.1, 0.15) is 12.6 Å². The summed E-state index contributed by atoms with van der Waals surface area (Å²) >= 11 is 0. The average Bonchev–Trinajstić information content (AvgIpc) is 2.70. The van der Waals surface area contributed by atoms with Crippen LogP contribution < -0.4 is 4.90 Å². The number of amides is 1. The lowest BCUT2D eigenvalue weighted by Gasteiger charge is -2.30. The lowest BCUT2D eigenvalue weighted by molar-refractivity contribution is -0.385. The molecule has 0 spiro atoms. The van der Waals surface area contributed by atoms with E-state index in [9.17, 15) is 19.7 Å². The van der Waals surface area contributed by atoms with Crippen molar-refractivity contribution in [1.29, 1.82) is 0 Å². The van der Waals surface area contributed by atoms with Crippen LogP contribution in [0.5, 0.6) is 0 Å². The van der Waals surface area contributed by atoms with E-state index in [2.05, 4.69) is 0 Å². The van der Waals surface area contributed by atoms with Crippen molar-refractivity contribution in [2.24, 2.45) is 0 Å². The van der Waals surface area contributed by atoms with E-state index in [1.54, 1.807) is 38.1 Å². The van der Waals surface area contributed by atoms with Gasteiger partial charge >= 0.3 is 5.97 Å². The van der Waals surface area contributed by atoms with E-state index in [1.165, 1.54) is 25.0 Å². The Hall–Kier alpha value is -3.00. The molecule has 0 radical (unpaired) electrons. The molecule has 0 aliphatic heterocycles. The molecule has 2 aromatic carbocycles. The summed E-state index contributed by atoms with van der Waals surface area (Å²) in [5, 5.41) is 12.9. The minimum Gasteiger partial charge on any atom is -0.467 e. The Morgan fingerprint density at radius 3 is 2.50 bits per heavy atom. The van der Waals surface area contributed by atoms with E-state index < -0.39 is 22.8 Å². The largest absolute Gasteiger partial charge is 0.467 e. The standard InChI is InChI=1S/C20H24N2O6/c1-5-15-17(22(25)26)11-14-9-7-8-10-16(14)19(15)21(13(3)20(24)27-4)18(23)12-28-6-2/h7-11,13H,5-6,12H2,1-4H3. The predicted molar refractivity (Wildman–Crippen MR) is 105 cm³/mol. The van der Waals surface area contributed by atoms with Crippen LogP contribution >= 0.6 is 0 Å². The lowest BCUT2D eigenvalue weighted by Crippen LogP contribution is -2.46. The molecule has 2 aromatic rings. The molecule has 1 amide bonds. The van der Waals surface area contributed by atoms with Crippen LogP contribution in [0.2, 0.25) is 0 Å². The van der Waals surface area contributed by atoms with Gasteiger partial charge in [-0.1, -0.05) is 31.2 Å². The number of nitro groups is 1. The molecule has 1 unspecified atom stereocenters. The summed E-state index contributed by atoms with van der Waals surface area (Å²) in [7, 11) is 1.23. The Morgan fingerprint density at radius 1 is 1.25 bits per heavy atom. The van der Waals surface area contributed by atoms with Crippen molar-refractivity contribution < 1.29 is 24.0 Å². The molecular formula is C20H24N2O6. The number of methoxy groups -OCH3 is 1. The summed E-state index contributed by atoms with van der Waals surface area (Å²) in [6, 6.07) is 7.57. The second kappa shape index (κ2) is 9.27. The van der Waals surface area contributed by atoms with Gasteiger partial charge in [0.15, 0.2) is 0 Å². The van der Waals surface area contributed by atoms with Crippen LogP contribution in [0.4, 0.5) is 11.4 Å². The van der Waals surface area contributed by atoms with E-state index in [0.717, 1.165) is 0 Å². The van der Waals surface area contributed by atoms with Gasteiger partial charge in [0.2, 0.25) is 0 Å². The molecule has 1 atom stereocenters. The summed E-state index contributed by atoms with van der Waals surface area (Å²) in [6.07, 6.45) is 0.308. The number of rotatable bonds is 8. The van der Waals surface area contributed by atoms with Crippen molar-refractivity contribution in [2.45, 2.75) is 33.2 Å². The number of anilines is 1. The summed E-state index contributed by atoms with van der Waals surface area (Å²) in [5.74, 6) is -1.09. The molecule has 0 saturated heterocycles. The molecular weight excluding hydrogens is 364 g/mol. The third-order valence-corrected chi connectivity index (χ3v) is 4.52. The van der Waals surface area contributed by atoms with Crippen molar-refractivity contribution in [3.8, 4) is 0 Å². The zero-order valence-electron chi connectivity index (χ0n) is 16.4. The quantitative estimate of drug-likeness (QED) is 0.391.